The average molecular weight is 248 g/mol. The number of hydrogen-bond donors (Lipinski definition) is 2. The standard InChI is InChI=1S/C10H16O4.2Na.2H/c1-3-5-7(9(11)12)8(6-4-2)10(13)14;;;;/h3-6H2,1-2H3,(H,11,12)(H,13,14);;;;/q;2*+1;2*-1/b8-7-;;;;. The number of carboxylic acid groups (broad SMARTS) is 2. The molecule has 0 aromatic heterocycles. The van der Waals surface area contributed by atoms with Crippen LogP contribution < -0.4 is 59.1 Å². The zero-order chi connectivity index (χ0) is 11.1. The third kappa shape index (κ3) is 7.87. The molecule has 4 nitrogen and oxygen atoms in total. The van der Waals surface area contributed by atoms with Gasteiger partial charge in [0.2, 0.25) is 0 Å². The van der Waals surface area contributed by atoms with Gasteiger partial charge in [0.15, 0.2) is 0 Å². The Morgan fingerprint density at radius 2 is 1.12 bits per heavy atom. The molecule has 0 rings (SSSR count). The van der Waals surface area contributed by atoms with E-state index in [1.165, 1.54) is 0 Å². The van der Waals surface area contributed by atoms with E-state index in [2.05, 4.69) is 0 Å². The third-order valence-electron chi connectivity index (χ3n) is 1.88. The summed E-state index contributed by atoms with van der Waals surface area (Å²) in [5.74, 6) is -2.23. The van der Waals surface area contributed by atoms with Crippen molar-refractivity contribution < 1.29 is 81.8 Å². The summed E-state index contributed by atoms with van der Waals surface area (Å²) in [6, 6.07) is 0. The molecule has 0 aromatic rings. The van der Waals surface area contributed by atoms with Crippen LogP contribution in [0.1, 0.15) is 42.4 Å². The van der Waals surface area contributed by atoms with Gasteiger partial charge in [-0.25, -0.2) is 9.59 Å². The molecule has 0 heterocycles. The van der Waals surface area contributed by atoms with Crippen LogP contribution in [0.2, 0.25) is 0 Å². The molecule has 0 atom stereocenters. The van der Waals surface area contributed by atoms with Gasteiger partial charge in [-0.15, -0.1) is 0 Å². The van der Waals surface area contributed by atoms with Crippen LogP contribution in [0.25, 0.3) is 0 Å². The van der Waals surface area contributed by atoms with Crippen LogP contribution in [0.15, 0.2) is 11.1 Å². The van der Waals surface area contributed by atoms with Gasteiger partial charge in [0.1, 0.15) is 0 Å². The molecule has 0 aliphatic carbocycles. The number of hydrogen-bond acceptors (Lipinski definition) is 2. The van der Waals surface area contributed by atoms with Gasteiger partial charge in [0, 0.05) is 11.1 Å². The van der Waals surface area contributed by atoms with Gasteiger partial charge in [-0.1, -0.05) is 26.7 Å². The number of aliphatic carboxylic acids is 2. The quantitative estimate of drug-likeness (QED) is 0.374. The molecule has 0 radical (unpaired) electrons. The second-order valence-corrected chi connectivity index (χ2v) is 3.07. The maximum atomic E-state index is 10.8. The summed E-state index contributed by atoms with van der Waals surface area (Å²) in [6.45, 7) is 3.66. The van der Waals surface area contributed by atoms with Gasteiger partial charge < -0.3 is 13.1 Å². The Labute approximate surface area is 143 Å². The van der Waals surface area contributed by atoms with Crippen LogP contribution in [0.5, 0.6) is 0 Å². The molecule has 0 saturated carbocycles. The van der Waals surface area contributed by atoms with Crippen molar-refractivity contribution in [3.63, 3.8) is 0 Å². The van der Waals surface area contributed by atoms with E-state index in [0.29, 0.717) is 25.7 Å². The Balaban J connectivity index is -0.000000141. The second kappa shape index (κ2) is 12.1. The fourth-order valence-electron chi connectivity index (χ4n) is 1.27. The van der Waals surface area contributed by atoms with Crippen molar-refractivity contribution in [2.45, 2.75) is 39.5 Å². The summed E-state index contributed by atoms with van der Waals surface area (Å²) >= 11 is 0. The van der Waals surface area contributed by atoms with Crippen LogP contribution in [0.3, 0.4) is 0 Å². The molecule has 0 amide bonds. The molecule has 0 unspecified atom stereocenters. The number of carboxylic acids is 2. The summed E-state index contributed by atoms with van der Waals surface area (Å²) in [4.78, 5) is 21.6. The molecule has 0 bridgehead atoms. The van der Waals surface area contributed by atoms with Crippen molar-refractivity contribution in [3.8, 4) is 0 Å². The molecular formula is C10H18Na2O4. The van der Waals surface area contributed by atoms with Crippen molar-refractivity contribution in [2.75, 3.05) is 0 Å². The smallest absolute Gasteiger partial charge is 1.00 e. The molecule has 0 spiro atoms. The van der Waals surface area contributed by atoms with E-state index >= 15 is 0 Å². The minimum atomic E-state index is -1.11. The Hall–Kier alpha value is 0.680. The maximum Gasteiger partial charge on any atom is 1.00 e. The van der Waals surface area contributed by atoms with Crippen LogP contribution in [0, 0.1) is 0 Å². The molecule has 2 N–H and O–H groups in total. The first-order chi connectivity index (χ1) is 6.54. The molecule has 84 valence electrons. The van der Waals surface area contributed by atoms with E-state index < -0.39 is 11.9 Å². The Morgan fingerprint density at radius 3 is 1.25 bits per heavy atom. The summed E-state index contributed by atoms with van der Waals surface area (Å²) in [5.41, 5.74) is 0.0868. The third-order valence-corrected chi connectivity index (χ3v) is 1.88. The van der Waals surface area contributed by atoms with E-state index in [-0.39, 0.29) is 73.1 Å². The van der Waals surface area contributed by atoms with Gasteiger partial charge in [0.05, 0.1) is 0 Å². The predicted octanol–water partition coefficient (Wildman–Crippen LogP) is -3.71. The topological polar surface area (TPSA) is 74.6 Å². The zero-order valence-corrected chi connectivity index (χ0v) is 14.5. The average Bonchev–Trinajstić information content (AvgIpc) is 2.10. The molecule has 6 heteroatoms. The van der Waals surface area contributed by atoms with Crippen LogP contribution in [-0.2, 0) is 9.59 Å². The van der Waals surface area contributed by atoms with Gasteiger partial charge >= 0.3 is 71.1 Å². The normalized spacial score (nSPS) is 10.6. The Morgan fingerprint density at radius 1 is 0.875 bits per heavy atom. The molecular weight excluding hydrogens is 230 g/mol. The summed E-state index contributed by atoms with van der Waals surface area (Å²) in [5, 5.41) is 17.7. The fourth-order valence-corrected chi connectivity index (χ4v) is 1.27. The fraction of sp³-hybridized carbons (Fsp3) is 0.600. The predicted molar refractivity (Wildman–Crippen MR) is 54.3 cm³/mol. The van der Waals surface area contributed by atoms with Gasteiger partial charge in [-0.3, -0.25) is 0 Å². The van der Waals surface area contributed by atoms with Crippen LogP contribution >= 0.6 is 0 Å². The van der Waals surface area contributed by atoms with Crippen molar-refractivity contribution >= 4 is 11.9 Å². The summed E-state index contributed by atoms with van der Waals surface area (Å²) < 4.78 is 0. The molecule has 0 aromatic carbocycles. The van der Waals surface area contributed by atoms with Crippen molar-refractivity contribution in [2.24, 2.45) is 0 Å². The second-order valence-electron chi connectivity index (χ2n) is 3.07. The van der Waals surface area contributed by atoms with Crippen LogP contribution in [-0.4, -0.2) is 22.2 Å². The van der Waals surface area contributed by atoms with Gasteiger partial charge in [-0.05, 0) is 12.8 Å². The molecule has 16 heavy (non-hydrogen) atoms. The minimum Gasteiger partial charge on any atom is -1.00 e. The molecule has 0 saturated heterocycles. The number of carbonyl (C=O) groups is 2. The number of rotatable bonds is 6. The van der Waals surface area contributed by atoms with Crippen LogP contribution in [0.4, 0.5) is 0 Å². The SMILES string of the molecule is CCC/C(C(=O)O)=C(\CCC)C(=O)O.[H-].[H-].[Na+].[Na+]. The first-order valence-electron chi connectivity index (χ1n) is 4.73. The van der Waals surface area contributed by atoms with Gasteiger partial charge in [-0.2, -0.15) is 0 Å². The largest absolute Gasteiger partial charge is 1.00 e. The Kier molecular flexibility index (Phi) is 16.6. The minimum absolute atomic E-state index is 0. The molecule has 0 aliphatic heterocycles. The van der Waals surface area contributed by atoms with Crippen molar-refractivity contribution in [3.05, 3.63) is 11.1 Å². The van der Waals surface area contributed by atoms with Crippen molar-refractivity contribution in [1.82, 2.24) is 0 Å². The van der Waals surface area contributed by atoms with E-state index in [9.17, 15) is 9.59 Å². The van der Waals surface area contributed by atoms with Crippen molar-refractivity contribution in [1.29, 1.82) is 0 Å². The van der Waals surface area contributed by atoms with E-state index in [1.54, 1.807) is 0 Å². The summed E-state index contributed by atoms with van der Waals surface area (Å²) in [6.07, 6.45) is 1.91. The van der Waals surface area contributed by atoms with Gasteiger partial charge in [0.25, 0.3) is 0 Å². The van der Waals surface area contributed by atoms with E-state index in [1.807, 2.05) is 13.8 Å². The summed E-state index contributed by atoms with van der Waals surface area (Å²) in [7, 11) is 0. The zero-order valence-electron chi connectivity index (χ0n) is 12.5. The van der Waals surface area contributed by atoms with E-state index in [4.69, 9.17) is 10.2 Å². The first kappa shape index (κ1) is 21.9. The maximum absolute atomic E-state index is 10.8. The Bertz CT molecular complexity index is 245. The monoisotopic (exact) mass is 248 g/mol. The first-order valence-corrected chi connectivity index (χ1v) is 4.73. The molecule has 0 fully saturated rings. The van der Waals surface area contributed by atoms with E-state index in [0.717, 1.165) is 0 Å². The molecule has 0 aliphatic rings.